The van der Waals surface area contributed by atoms with Gasteiger partial charge in [0.05, 0.1) is 6.10 Å². The Hall–Kier alpha value is -0.570. The van der Waals surface area contributed by atoms with Gasteiger partial charge in [0.1, 0.15) is 0 Å². The summed E-state index contributed by atoms with van der Waals surface area (Å²) in [6.07, 6.45) is 3.82. The first kappa shape index (κ1) is 8.05. The van der Waals surface area contributed by atoms with Crippen molar-refractivity contribution in [3.8, 4) is 0 Å². The van der Waals surface area contributed by atoms with Crippen LogP contribution in [0.3, 0.4) is 0 Å². The van der Waals surface area contributed by atoms with Crippen LogP contribution in [0.15, 0.2) is 0 Å². The van der Waals surface area contributed by atoms with Gasteiger partial charge in [-0.1, -0.05) is 6.42 Å². The van der Waals surface area contributed by atoms with Gasteiger partial charge in [-0.2, -0.15) is 0 Å². The first-order valence-electron chi connectivity index (χ1n) is 4.74. The molecular weight excluding hydrogens is 154 g/mol. The van der Waals surface area contributed by atoms with Crippen molar-refractivity contribution in [1.82, 2.24) is 4.90 Å². The summed E-state index contributed by atoms with van der Waals surface area (Å²) < 4.78 is 0. The third-order valence-electron chi connectivity index (χ3n) is 2.93. The number of hydrogen-bond donors (Lipinski definition) is 1. The van der Waals surface area contributed by atoms with Crippen molar-refractivity contribution in [2.75, 3.05) is 13.1 Å². The molecule has 1 saturated heterocycles. The number of rotatable bonds is 1. The Morgan fingerprint density at radius 1 is 1.33 bits per heavy atom. The SMILES string of the molecule is O=C(C1CCC1)N1CCC(O)C1. The minimum atomic E-state index is -0.269. The molecule has 1 saturated carbocycles. The summed E-state index contributed by atoms with van der Waals surface area (Å²) in [7, 11) is 0. The molecule has 2 rings (SSSR count). The van der Waals surface area contributed by atoms with Crippen LogP contribution in [-0.2, 0) is 4.79 Å². The van der Waals surface area contributed by atoms with Crippen molar-refractivity contribution in [3.63, 3.8) is 0 Å². The molecule has 3 heteroatoms. The number of nitrogens with zero attached hydrogens (tertiary/aromatic N) is 1. The van der Waals surface area contributed by atoms with Crippen LogP contribution in [0.5, 0.6) is 0 Å². The van der Waals surface area contributed by atoms with Gasteiger partial charge in [-0.05, 0) is 19.3 Å². The van der Waals surface area contributed by atoms with Crippen LogP contribution in [0.2, 0.25) is 0 Å². The molecule has 1 heterocycles. The van der Waals surface area contributed by atoms with E-state index in [1.807, 2.05) is 4.90 Å². The molecule has 0 bridgehead atoms. The van der Waals surface area contributed by atoms with Gasteiger partial charge in [-0.3, -0.25) is 4.79 Å². The molecule has 0 spiro atoms. The third-order valence-corrected chi connectivity index (χ3v) is 2.93. The van der Waals surface area contributed by atoms with Crippen LogP contribution in [0, 0.1) is 5.92 Å². The molecule has 0 aromatic carbocycles. The zero-order valence-electron chi connectivity index (χ0n) is 7.20. The number of aliphatic hydroxyl groups excluding tert-OH is 1. The van der Waals surface area contributed by atoms with E-state index in [-0.39, 0.29) is 17.9 Å². The van der Waals surface area contributed by atoms with Gasteiger partial charge in [-0.25, -0.2) is 0 Å². The molecule has 1 N–H and O–H groups in total. The second kappa shape index (κ2) is 3.05. The third kappa shape index (κ3) is 1.33. The van der Waals surface area contributed by atoms with Gasteiger partial charge >= 0.3 is 0 Å². The lowest BCUT2D eigenvalue weighted by Gasteiger charge is -2.28. The minimum Gasteiger partial charge on any atom is -0.391 e. The van der Waals surface area contributed by atoms with E-state index in [0.29, 0.717) is 6.54 Å². The lowest BCUT2D eigenvalue weighted by molar-refractivity contribution is -0.137. The van der Waals surface area contributed by atoms with E-state index in [0.717, 1.165) is 25.8 Å². The van der Waals surface area contributed by atoms with E-state index in [2.05, 4.69) is 0 Å². The van der Waals surface area contributed by atoms with Gasteiger partial charge in [0.2, 0.25) is 5.91 Å². The standard InChI is InChI=1S/C9H15NO2/c11-8-4-5-10(6-8)9(12)7-2-1-3-7/h7-8,11H,1-6H2. The van der Waals surface area contributed by atoms with Gasteiger partial charge in [-0.15, -0.1) is 0 Å². The highest BCUT2D eigenvalue weighted by Gasteiger charge is 2.32. The Kier molecular flexibility index (Phi) is 2.05. The second-order valence-corrected chi connectivity index (χ2v) is 3.85. The van der Waals surface area contributed by atoms with Crippen molar-refractivity contribution in [1.29, 1.82) is 0 Å². The van der Waals surface area contributed by atoms with Crippen LogP contribution in [0.25, 0.3) is 0 Å². The maximum atomic E-state index is 11.6. The zero-order chi connectivity index (χ0) is 8.55. The van der Waals surface area contributed by atoms with E-state index in [4.69, 9.17) is 0 Å². The Morgan fingerprint density at radius 2 is 2.08 bits per heavy atom. The van der Waals surface area contributed by atoms with Crippen LogP contribution < -0.4 is 0 Å². The molecule has 1 aliphatic carbocycles. The summed E-state index contributed by atoms with van der Waals surface area (Å²) in [5.41, 5.74) is 0. The highest BCUT2D eigenvalue weighted by atomic mass is 16.3. The summed E-state index contributed by atoms with van der Waals surface area (Å²) in [5, 5.41) is 9.23. The average molecular weight is 169 g/mol. The molecule has 1 aliphatic heterocycles. The van der Waals surface area contributed by atoms with E-state index in [1.165, 1.54) is 6.42 Å². The summed E-state index contributed by atoms with van der Waals surface area (Å²) in [6, 6.07) is 0. The average Bonchev–Trinajstić information content (AvgIpc) is 2.31. The lowest BCUT2D eigenvalue weighted by Crippen LogP contribution is -2.37. The number of likely N-dealkylation sites (tertiary alicyclic amines) is 1. The van der Waals surface area contributed by atoms with E-state index >= 15 is 0 Å². The highest BCUT2D eigenvalue weighted by molar-refractivity contribution is 5.79. The number of amides is 1. The van der Waals surface area contributed by atoms with Crippen molar-refractivity contribution >= 4 is 5.91 Å². The maximum Gasteiger partial charge on any atom is 0.225 e. The summed E-state index contributed by atoms with van der Waals surface area (Å²) in [4.78, 5) is 13.4. The lowest BCUT2D eigenvalue weighted by atomic mass is 9.84. The predicted molar refractivity (Wildman–Crippen MR) is 44.5 cm³/mol. The van der Waals surface area contributed by atoms with Crippen LogP contribution in [0.4, 0.5) is 0 Å². The number of carbonyl (C=O) groups is 1. The van der Waals surface area contributed by atoms with Gasteiger partial charge in [0.25, 0.3) is 0 Å². The second-order valence-electron chi connectivity index (χ2n) is 3.85. The predicted octanol–water partition coefficient (Wildman–Crippen LogP) is 0.380. The number of hydrogen-bond acceptors (Lipinski definition) is 2. The first-order valence-corrected chi connectivity index (χ1v) is 4.74. The fourth-order valence-electron chi connectivity index (χ4n) is 1.86. The molecule has 0 radical (unpaired) electrons. The molecule has 1 unspecified atom stereocenters. The fourth-order valence-corrected chi connectivity index (χ4v) is 1.86. The minimum absolute atomic E-state index is 0.269. The molecule has 68 valence electrons. The Labute approximate surface area is 72.4 Å². The number of aliphatic hydroxyl groups is 1. The molecule has 3 nitrogen and oxygen atoms in total. The Balaban J connectivity index is 1.87. The number of β-amino-alcohol motifs (C(OH)–C–C–N with tert-alkyl or cyclic N) is 1. The van der Waals surface area contributed by atoms with Crippen molar-refractivity contribution < 1.29 is 9.90 Å². The highest BCUT2D eigenvalue weighted by Crippen LogP contribution is 2.29. The van der Waals surface area contributed by atoms with Gasteiger partial charge in [0.15, 0.2) is 0 Å². The monoisotopic (exact) mass is 169 g/mol. The van der Waals surface area contributed by atoms with Crippen LogP contribution in [-0.4, -0.2) is 35.1 Å². The van der Waals surface area contributed by atoms with Gasteiger partial charge in [0, 0.05) is 19.0 Å². The molecular formula is C9H15NO2. The molecule has 0 aromatic heterocycles. The van der Waals surface area contributed by atoms with E-state index < -0.39 is 0 Å². The quantitative estimate of drug-likeness (QED) is 0.616. The molecule has 0 aromatic rings. The van der Waals surface area contributed by atoms with Crippen molar-refractivity contribution in [3.05, 3.63) is 0 Å². The first-order chi connectivity index (χ1) is 5.77. The summed E-state index contributed by atoms with van der Waals surface area (Å²) in [6.45, 7) is 1.33. The molecule has 1 amide bonds. The van der Waals surface area contributed by atoms with E-state index in [9.17, 15) is 9.90 Å². The molecule has 2 aliphatic rings. The maximum absolute atomic E-state index is 11.6. The normalized spacial score (nSPS) is 30.4. The van der Waals surface area contributed by atoms with Crippen molar-refractivity contribution in [2.45, 2.75) is 31.8 Å². The fraction of sp³-hybridized carbons (Fsp3) is 0.889. The zero-order valence-corrected chi connectivity index (χ0v) is 7.20. The molecule has 12 heavy (non-hydrogen) atoms. The topological polar surface area (TPSA) is 40.5 Å². The molecule has 1 atom stereocenters. The van der Waals surface area contributed by atoms with Crippen LogP contribution >= 0.6 is 0 Å². The largest absolute Gasteiger partial charge is 0.391 e. The van der Waals surface area contributed by atoms with Gasteiger partial charge < -0.3 is 10.0 Å². The summed E-state index contributed by atoms with van der Waals surface area (Å²) in [5.74, 6) is 0.563. The Bertz CT molecular complexity index is 189. The smallest absolute Gasteiger partial charge is 0.225 e. The Morgan fingerprint density at radius 3 is 2.50 bits per heavy atom. The summed E-state index contributed by atoms with van der Waals surface area (Å²) >= 11 is 0. The van der Waals surface area contributed by atoms with Crippen LogP contribution in [0.1, 0.15) is 25.7 Å². The molecule has 2 fully saturated rings. The number of carbonyl (C=O) groups excluding carboxylic acids is 1. The van der Waals surface area contributed by atoms with Crippen molar-refractivity contribution in [2.24, 2.45) is 5.92 Å². The van der Waals surface area contributed by atoms with E-state index in [1.54, 1.807) is 0 Å².